The third kappa shape index (κ3) is 4.72. The molecule has 0 amide bonds. The number of carbonyl (C=O) groups excluding carboxylic acids is 1. The van der Waals surface area contributed by atoms with Crippen molar-refractivity contribution in [2.24, 2.45) is 0 Å². The van der Waals surface area contributed by atoms with Crippen LogP contribution in [0.3, 0.4) is 0 Å². The summed E-state index contributed by atoms with van der Waals surface area (Å²) in [5.41, 5.74) is 2.52. The number of anilines is 1. The van der Waals surface area contributed by atoms with Crippen molar-refractivity contribution in [1.82, 2.24) is 0 Å². The largest absolute Gasteiger partial charge is 0.462 e. The monoisotopic (exact) mass is 233 g/mol. The number of hydrogen-bond acceptors (Lipinski definition) is 3. The van der Waals surface area contributed by atoms with Crippen LogP contribution in [0.15, 0.2) is 36.4 Å². The Morgan fingerprint density at radius 3 is 2.88 bits per heavy atom. The Balaban J connectivity index is 2.64. The van der Waals surface area contributed by atoms with Crippen molar-refractivity contribution in [3.63, 3.8) is 0 Å². The van der Waals surface area contributed by atoms with E-state index in [0.29, 0.717) is 18.7 Å². The average Bonchev–Trinajstić information content (AvgIpc) is 2.33. The molecule has 0 fully saturated rings. The van der Waals surface area contributed by atoms with E-state index in [1.54, 1.807) is 12.1 Å². The third-order valence-electron chi connectivity index (χ3n) is 2.13. The molecule has 0 aliphatic heterocycles. The van der Waals surface area contributed by atoms with Gasteiger partial charge < -0.3 is 10.1 Å². The molecule has 0 aliphatic rings. The van der Waals surface area contributed by atoms with Gasteiger partial charge in [-0.3, -0.25) is 0 Å². The first-order chi connectivity index (χ1) is 8.13. The minimum absolute atomic E-state index is 0.272. The van der Waals surface area contributed by atoms with Gasteiger partial charge in [-0.15, -0.1) is 0 Å². The molecule has 0 saturated heterocycles. The van der Waals surface area contributed by atoms with Crippen molar-refractivity contribution >= 4 is 11.7 Å². The van der Waals surface area contributed by atoms with Crippen LogP contribution in [0, 0.1) is 0 Å². The van der Waals surface area contributed by atoms with Crippen molar-refractivity contribution in [3.05, 3.63) is 42.0 Å². The molecule has 1 N–H and O–H groups in total. The molecule has 0 saturated carbocycles. The van der Waals surface area contributed by atoms with Crippen LogP contribution < -0.4 is 5.32 Å². The lowest BCUT2D eigenvalue weighted by Crippen LogP contribution is -2.07. The van der Waals surface area contributed by atoms with Gasteiger partial charge in [0.2, 0.25) is 0 Å². The highest BCUT2D eigenvalue weighted by atomic mass is 16.5. The van der Waals surface area contributed by atoms with Gasteiger partial charge in [0.05, 0.1) is 12.2 Å². The Labute approximate surface area is 102 Å². The molecule has 0 aliphatic carbocycles. The van der Waals surface area contributed by atoms with Gasteiger partial charge >= 0.3 is 5.97 Å². The van der Waals surface area contributed by atoms with Gasteiger partial charge in [0.1, 0.15) is 0 Å². The molecule has 0 spiro atoms. The fourth-order valence-electron chi connectivity index (χ4n) is 1.29. The molecule has 0 radical (unpaired) electrons. The predicted octanol–water partition coefficient (Wildman–Crippen LogP) is 3.24. The Bertz CT molecular complexity index is 399. The molecular formula is C14H19NO2. The molecule has 92 valence electrons. The van der Waals surface area contributed by atoms with Crippen LogP contribution in [0.2, 0.25) is 0 Å². The van der Waals surface area contributed by atoms with Gasteiger partial charge in [-0.2, -0.15) is 0 Å². The molecule has 3 nitrogen and oxygen atoms in total. The minimum Gasteiger partial charge on any atom is -0.462 e. The Hall–Kier alpha value is -1.77. The quantitative estimate of drug-likeness (QED) is 0.605. The first kappa shape index (κ1) is 13.3. The van der Waals surface area contributed by atoms with Crippen LogP contribution in [0.4, 0.5) is 5.69 Å². The van der Waals surface area contributed by atoms with Crippen LogP contribution in [0.25, 0.3) is 0 Å². The average molecular weight is 233 g/mol. The Kier molecular flexibility index (Phi) is 5.27. The summed E-state index contributed by atoms with van der Waals surface area (Å²) < 4.78 is 5.07. The minimum atomic E-state index is -0.272. The maximum absolute atomic E-state index is 11.6. The summed E-state index contributed by atoms with van der Waals surface area (Å²) in [5, 5.41) is 3.19. The van der Waals surface area contributed by atoms with Gasteiger partial charge in [0.15, 0.2) is 0 Å². The van der Waals surface area contributed by atoms with Gasteiger partial charge in [-0.05, 0) is 31.5 Å². The van der Waals surface area contributed by atoms with E-state index in [1.165, 1.54) is 0 Å². The molecule has 1 aromatic rings. The standard InChI is InChI=1S/C14H19NO2/c1-4-8-17-14(16)12-6-5-7-13(9-12)15-10-11(2)3/h5-7,9,15H,2,4,8,10H2,1,3H3. The summed E-state index contributed by atoms with van der Waals surface area (Å²) in [5.74, 6) is -0.272. The van der Waals surface area contributed by atoms with Gasteiger partial charge in [0, 0.05) is 12.2 Å². The zero-order chi connectivity index (χ0) is 12.7. The first-order valence-electron chi connectivity index (χ1n) is 5.79. The second-order valence-corrected chi connectivity index (χ2v) is 4.03. The van der Waals surface area contributed by atoms with Gasteiger partial charge in [-0.1, -0.05) is 25.1 Å². The zero-order valence-corrected chi connectivity index (χ0v) is 10.5. The predicted molar refractivity (Wildman–Crippen MR) is 70.3 cm³/mol. The topological polar surface area (TPSA) is 38.3 Å². The lowest BCUT2D eigenvalue weighted by Gasteiger charge is -2.08. The first-order valence-corrected chi connectivity index (χ1v) is 5.79. The molecule has 0 aromatic heterocycles. The van der Waals surface area contributed by atoms with Crippen molar-refractivity contribution in [2.75, 3.05) is 18.5 Å². The van der Waals surface area contributed by atoms with E-state index in [0.717, 1.165) is 17.7 Å². The maximum atomic E-state index is 11.6. The number of benzene rings is 1. The van der Waals surface area contributed by atoms with Crippen molar-refractivity contribution in [3.8, 4) is 0 Å². The fourth-order valence-corrected chi connectivity index (χ4v) is 1.29. The highest BCUT2D eigenvalue weighted by Gasteiger charge is 2.06. The van der Waals surface area contributed by atoms with E-state index in [-0.39, 0.29) is 5.97 Å². The van der Waals surface area contributed by atoms with Gasteiger partial charge in [0.25, 0.3) is 0 Å². The smallest absolute Gasteiger partial charge is 0.338 e. The summed E-state index contributed by atoms with van der Waals surface area (Å²) in [6, 6.07) is 7.30. The molecular weight excluding hydrogens is 214 g/mol. The van der Waals surface area contributed by atoms with Crippen LogP contribution in [0.5, 0.6) is 0 Å². The van der Waals surface area contributed by atoms with Crippen molar-refractivity contribution in [1.29, 1.82) is 0 Å². The fraction of sp³-hybridized carbons (Fsp3) is 0.357. The van der Waals surface area contributed by atoms with E-state index >= 15 is 0 Å². The summed E-state index contributed by atoms with van der Waals surface area (Å²) in [6.45, 7) is 8.90. The van der Waals surface area contributed by atoms with E-state index in [2.05, 4.69) is 11.9 Å². The number of carbonyl (C=O) groups is 1. The Morgan fingerprint density at radius 1 is 1.47 bits per heavy atom. The summed E-state index contributed by atoms with van der Waals surface area (Å²) in [4.78, 5) is 11.6. The second kappa shape index (κ2) is 6.74. The van der Waals surface area contributed by atoms with E-state index in [4.69, 9.17) is 4.74 Å². The van der Waals surface area contributed by atoms with Gasteiger partial charge in [-0.25, -0.2) is 4.79 Å². The van der Waals surface area contributed by atoms with Crippen LogP contribution in [-0.2, 0) is 4.74 Å². The van der Waals surface area contributed by atoms with Crippen LogP contribution >= 0.6 is 0 Å². The molecule has 17 heavy (non-hydrogen) atoms. The number of nitrogens with one attached hydrogen (secondary N) is 1. The zero-order valence-electron chi connectivity index (χ0n) is 10.5. The lowest BCUT2D eigenvalue weighted by atomic mass is 10.2. The molecule has 0 unspecified atom stereocenters. The highest BCUT2D eigenvalue weighted by molar-refractivity contribution is 5.90. The summed E-state index contributed by atoms with van der Waals surface area (Å²) in [6.07, 6.45) is 0.833. The summed E-state index contributed by atoms with van der Waals surface area (Å²) >= 11 is 0. The van der Waals surface area contributed by atoms with Crippen molar-refractivity contribution in [2.45, 2.75) is 20.3 Å². The molecule has 1 rings (SSSR count). The van der Waals surface area contributed by atoms with Crippen LogP contribution in [0.1, 0.15) is 30.6 Å². The maximum Gasteiger partial charge on any atom is 0.338 e. The second-order valence-electron chi connectivity index (χ2n) is 4.03. The molecule has 0 heterocycles. The number of esters is 1. The number of ether oxygens (including phenoxy) is 1. The van der Waals surface area contributed by atoms with E-state index in [9.17, 15) is 4.79 Å². The lowest BCUT2D eigenvalue weighted by molar-refractivity contribution is 0.0505. The SMILES string of the molecule is C=C(C)CNc1cccc(C(=O)OCCC)c1. The molecule has 3 heteroatoms. The van der Waals surface area contributed by atoms with E-state index < -0.39 is 0 Å². The van der Waals surface area contributed by atoms with Crippen LogP contribution in [-0.4, -0.2) is 19.1 Å². The third-order valence-corrected chi connectivity index (χ3v) is 2.13. The molecule has 1 aromatic carbocycles. The normalized spacial score (nSPS) is 9.76. The van der Waals surface area contributed by atoms with E-state index in [1.807, 2.05) is 26.0 Å². The Morgan fingerprint density at radius 2 is 2.24 bits per heavy atom. The number of rotatable bonds is 6. The summed E-state index contributed by atoms with van der Waals surface area (Å²) in [7, 11) is 0. The van der Waals surface area contributed by atoms with Crippen molar-refractivity contribution < 1.29 is 9.53 Å². The molecule has 0 atom stereocenters. The highest BCUT2D eigenvalue weighted by Crippen LogP contribution is 2.12. The molecule has 0 bridgehead atoms. The number of hydrogen-bond donors (Lipinski definition) is 1.